The molecule has 0 saturated carbocycles. The number of rotatable bonds is 6. The largest absolute Gasteiger partial charge is 0.483 e. The summed E-state index contributed by atoms with van der Waals surface area (Å²) in [6.45, 7) is -0.207. The van der Waals surface area contributed by atoms with Crippen LogP contribution in [0, 0.1) is 11.3 Å². The number of aromatic nitrogens is 2. The summed E-state index contributed by atoms with van der Waals surface area (Å²) >= 11 is 3.34. The molecule has 7 nitrogen and oxygen atoms in total. The predicted molar refractivity (Wildman–Crippen MR) is 131 cm³/mol. The number of carbonyl (C=O) groups excluding carboxylic acids is 1. The highest BCUT2D eigenvalue weighted by atomic mass is 79.9. The zero-order valence-corrected chi connectivity index (χ0v) is 18.8. The topological polar surface area (TPSA) is 108 Å². The van der Waals surface area contributed by atoms with E-state index >= 15 is 0 Å². The van der Waals surface area contributed by atoms with Gasteiger partial charge in [-0.3, -0.25) is 9.59 Å². The number of nitrogens with zero attached hydrogens (tertiary/aromatic N) is 2. The number of H-pyrrole nitrogens is 1. The van der Waals surface area contributed by atoms with Gasteiger partial charge in [0.15, 0.2) is 12.4 Å². The van der Waals surface area contributed by atoms with Crippen molar-refractivity contribution in [2.45, 2.75) is 0 Å². The predicted octanol–water partition coefficient (Wildman–Crippen LogP) is 4.77. The molecule has 1 aromatic heterocycles. The maximum absolute atomic E-state index is 12.5. The van der Waals surface area contributed by atoms with Crippen molar-refractivity contribution in [3.05, 3.63) is 99.0 Å². The molecule has 1 heterocycles. The molecule has 0 unspecified atom stereocenters. The van der Waals surface area contributed by atoms with Gasteiger partial charge >= 0.3 is 0 Å². The van der Waals surface area contributed by atoms with Crippen molar-refractivity contribution in [1.29, 1.82) is 5.26 Å². The first kappa shape index (κ1) is 22.0. The molecule has 4 aromatic rings. The molecular formula is C25H17BrN4O3. The van der Waals surface area contributed by atoms with Crippen molar-refractivity contribution in [3.8, 4) is 11.8 Å². The number of hydrogen-bond donors (Lipinski definition) is 2. The third-order valence-electron chi connectivity index (χ3n) is 4.68. The summed E-state index contributed by atoms with van der Waals surface area (Å²) in [5.41, 5.74) is 1.52. The summed E-state index contributed by atoms with van der Waals surface area (Å²) in [5.74, 6) is 0.252. The molecule has 0 bridgehead atoms. The fourth-order valence-electron chi connectivity index (χ4n) is 3.14. The van der Waals surface area contributed by atoms with Crippen LogP contribution in [0.15, 0.2) is 82.1 Å². The first-order valence-corrected chi connectivity index (χ1v) is 10.7. The fourth-order valence-corrected chi connectivity index (χ4v) is 3.50. The normalized spacial score (nSPS) is 11.1. The number of nitriles is 1. The Hall–Kier alpha value is -4.22. The van der Waals surface area contributed by atoms with E-state index in [4.69, 9.17) is 4.74 Å². The maximum Gasteiger partial charge on any atom is 0.262 e. The van der Waals surface area contributed by atoms with E-state index in [2.05, 4.69) is 37.3 Å². The van der Waals surface area contributed by atoms with Crippen LogP contribution in [-0.2, 0) is 4.79 Å². The Labute approximate surface area is 197 Å². The summed E-state index contributed by atoms with van der Waals surface area (Å²) in [6, 6.07) is 23.3. The Kier molecular flexibility index (Phi) is 6.62. The van der Waals surface area contributed by atoms with Crippen LogP contribution in [0.5, 0.6) is 5.75 Å². The third kappa shape index (κ3) is 5.34. The molecule has 8 heteroatoms. The van der Waals surface area contributed by atoms with Crippen molar-refractivity contribution >= 4 is 50.1 Å². The molecule has 0 aliphatic carbocycles. The van der Waals surface area contributed by atoms with Gasteiger partial charge in [-0.2, -0.15) is 5.26 Å². The number of anilines is 1. The first-order valence-electron chi connectivity index (χ1n) is 9.92. The molecule has 0 radical (unpaired) electrons. The van der Waals surface area contributed by atoms with E-state index in [9.17, 15) is 14.9 Å². The number of allylic oxidation sites excluding steroid dienone is 1. The third-order valence-corrected chi connectivity index (χ3v) is 5.17. The Balaban J connectivity index is 1.59. The molecule has 162 valence electrons. The van der Waals surface area contributed by atoms with Crippen LogP contribution < -0.4 is 15.6 Å². The van der Waals surface area contributed by atoms with Gasteiger partial charge < -0.3 is 15.0 Å². The lowest BCUT2D eigenvalue weighted by Crippen LogP contribution is -2.20. The van der Waals surface area contributed by atoms with Crippen molar-refractivity contribution in [1.82, 2.24) is 9.97 Å². The van der Waals surface area contributed by atoms with E-state index in [1.54, 1.807) is 60.7 Å². The summed E-state index contributed by atoms with van der Waals surface area (Å²) in [6.07, 6.45) is 1.56. The summed E-state index contributed by atoms with van der Waals surface area (Å²) in [5, 5.41) is 12.9. The number of nitrogens with one attached hydrogen (secondary N) is 2. The van der Waals surface area contributed by atoms with Crippen molar-refractivity contribution < 1.29 is 9.53 Å². The van der Waals surface area contributed by atoms with Gasteiger partial charge in [-0.1, -0.05) is 52.3 Å². The summed E-state index contributed by atoms with van der Waals surface area (Å²) < 4.78 is 6.45. The first-order chi connectivity index (χ1) is 16.0. The number of carbonyl (C=O) groups is 1. The van der Waals surface area contributed by atoms with Gasteiger partial charge in [0.05, 0.1) is 16.5 Å². The minimum Gasteiger partial charge on any atom is -0.483 e. The molecule has 0 fully saturated rings. The summed E-state index contributed by atoms with van der Waals surface area (Å²) in [7, 11) is 0. The molecule has 0 atom stereocenters. The SMILES string of the molecule is N#C/C(=C\c1ccccc1OCC(=O)Nc1ccccc1)c1nc2ccc(Br)cc2c(=O)[nH]1. The highest BCUT2D eigenvalue weighted by molar-refractivity contribution is 9.10. The van der Waals surface area contributed by atoms with E-state index in [0.717, 1.165) is 4.47 Å². The minimum atomic E-state index is -0.348. The second-order valence-corrected chi connectivity index (χ2v) is 7.90. The van der Waals surface area contributed by atoms with Crippen LogP contribution in [-0.4, -0.2) is 22.5 Å². The summed E-state index contributed by atoms with van der Waals surface area (Å²) in [4.78, 5) is 31.8. The lowest BCUT2D eigenvalue weighted by atomic mass is 10.1. The molecule has 3 aromatic carbocycles. The zero-order chi connectivity index (χ0) is 23.2. The number of aromatic amines is 1. The lowest BCUT2D eigenvalue weighted by Gasteiger charge is -2.10. The number of fused-ring (bicyclic) bond motifs is 1. The zero-order valence-electron chi connectivity index (χ0n) is 17.2. The minimum absolute atomic E-state index is 0.147. The molecule has 4 rings (SSSR count). The van der Waals surface area contributed by atoms with Gasteiger partial charge in [0, 0.05) is 15.7 Å². The van der Waals surface area contributed by atoms with Gasteiger partial charge in [-0.05, 0) is 42.5 Å². The number of ether oxygens (including phenoxy) is 1. The maximum atomic E-state index is 12.5. The highest BCUT2D eigenvalue weighted by Gasteiger charge is 2.11. The number of benzene rings is 3. The Bertz CT molecular complexity index is 1460. The highest BCUT2D eigenvalue weighted by Crippen LogP contribution is 2.24. The standard InChI is InChI=1S/C25H17BrN4O3/c26-18-10-11-21-20(13-18)25(32)30-24(29-21)17(14-27)12-16-6-4-5-9-22(16)33-15-23(31)28-19-7-2-1-3-8-19/h1-13H,15H2,(H,28,31)(H,29,30,32)/b17-12+. The van der Waals surface area contributed by atoms with Gasteiger partial charge in [0.2, 0.25) is 0 Å². The molecular weight excluding hydrogens is 484 g/mol. The second-order valence-electron chi connectivity index (χ2n) is 6.99. The van der Waals surface area contributed by atoms with Crippen LogP contribution in [0.4, 0.5) is 5.69 Å². The van der Waals surface area contributed by atoms with E-state index < -0.39 is 0 Å². The smallest absolute Gasteiger partial charge is 0.262 e. The van der Waals surface area contributed by atoms with E-state index in [1.165, 1.54) is 0 Å². The molecule has 1 amide bonds. The van der Waals surface area contributed by atoms with Crippen LogP contribution in [0.1, 0.15) is 11.4 Å². The van der Waals surface area contributed by atoms with Gasteiger partial charge in [-0.15, -0.1) is 0 Å². The number of amides is 1. The van der Waals surface area contributed by atoms with Crippen LogP contribution in [0.3, 0.4) is 0 Å². The Morgan fingerprint density at radius 2 is 1.88 bits per heavy atom. The van der Waals surface area contributed by atoms with E-state index in [-0.39, 0.29) is 29.5 Å². The number of halogens is 1. The van der Waals surface area contributed by atoms with Crippen molar-refractivity contribution in [3.63, 3.8) is 0 Å². The Morgan fingerprint density at radius 3 is 2.67 bits per heavy atom. The van der Waals surface area contributed by atoms with Gasteiger partial charge in [0.25, 0.3) is 11.5 Å². The van der Waals surface area contributed by atoms with Gasteiger partial charge in [0.1, 0.15) is 11.8 Å². The van der Waals surface area contributed by atoms with E-state index in [0.29, 0.717) is 27.9 Å². The Morgan fingerprint density at radius 1 is 1.12 bits per heavy atom. The van der Waals surface area contributed by atoms with Crippen molar-refractivity contribution in [2.75, 3.05) is 11.9 Å². The molecule has 0 aliphatic rings. The van der Waals surface area contributed by atoms with Crippen LogP contribution in [0.25, 0.3) is 22.6 Å². The molecule has 33 heavy (non-hydrogen) atoms. The second kappa shape index (κ2) is 9.94. The van der Waals surface area contributed by atoms with Crippen LogP contribution >= 0.6 is 15.9 Å². The average molecular weight is 501 g/mol. The molecule has 0 aliphatic heterocycles. The lowest BCUT2D eigenvalue weighted by molar-refractivity contribution is -0.118. The average Bonchev–Trinajstić information content (AvgIpc) is 2.83. The molecule has 0 saturated heterocycles. The molecule has 2 N–H and O–H groups in total. The quantitative estimate of drug-likeness (QED) is 0.370. The number of hydrogen-bond acceptors (Lipinski definition) is 5. The fraction of sp³-hybridized carbons (Fsp3) is 0.0400. The van der Waals surface area contributed by atoms with Crippen LogP contribution in [0.2, 0.25) is 0 Å². The van der Waals surface area contributed by atoms with Gasteiger partial charge in [-0.25, -0.2) is 4.98 Å². The van der Waals surface area contributed by atoms with Crippen molar-refractivity contribution in [2.24, 2.45) is 0 Å². The molecule has 0 spiro atoms. The monoisotopic (exact) mass is 500 g/mol. The van der Waals surface area contributed by atoms with E-state index in [1.807, 2.05) is 18.2 Å². The number of para-hydroxylation sites is 2.